The molecule has 122 valence electrons. The molecular weight excluding hydrogens is 306 g/mol. The van der Waals surface area contributed by atoms with Gasteiger partial charge in [0.15, 0.2) is 0 Å². The fraction of sp³-hybridized carbons (Fsp3) is 0.467. The van der Waals surface area contributed by atoms with Crippen LogP contribution in [-0.4, -0.2) is 37.2 Å². The van der Waals surface area contributed by atoms with Gasteiger partial charge >= 0.3 is 5.97 Å². The standard InChI is InChI=1S/C15H16F2N4O2/c1-21-19-13(18-20-21)10-4-2-9(3-5-10)12(14(22)23)11-6-7-15(16,17)8-11/h2-5,11-12H,6-8H2,1H3,(H,22,23)/t11-,12+/m0/s1. The highest BCUT2D eigenvalue weighted by molar-refractivity contribution is 5.77. The van der Waals surface area contributed by atoms with Gasteiger partial charge in [-0.15, -0.1) is 10.2 Å². The summed E-state index contributed by atoms with van der Waals surface area (Å²) in [6, 6.07) is 6.66. The van der Waals surface area contributed by atoms with E-state index in [2.05, 4.69) is 15.4 Å². The first-order valence-corrected chi connectivity index (χ1v) is 7.31. The molecule has 1 saturated carbocycles. The molecular formula is C15H16F2N4O2. The van der Waals surface area contributed by atoms with E-state index >= 15 is 0 Å². The Morgan fingerprint density at radius 1 is 1.39 bits per heavy atom. The van der Waals surface area contributed by atoms with E-state index in [0.29, 0.717) is 17.0 Å². The van der Waals surface area contributed by atoms with Gasteiger partial charge in [0.05, 0.1) is 13.0 Å². The number of rotatable bonds is 4. The summed E-state index contributed by atoms with van der Waals surface area (Å²) in [7, 11) is 1.64. The maximum absolute atomic E-state index is 13.4. The average molecular weight is 322 g/mol. The summed E-state index contributed by atoms with van der Waals surface area (Å²) < 4.78 is 26.8. The molecule has 0 radical (unpaired) electrons. The van der Waals surface area contributed by atoms with E-state index in [-0.39, 0.29) is 19.3 Å². The number of carboxylic acid groups (broad SMARTS) is 1. The first-order chi connectivity index (χ1) is 10.9. The Morgan fingerprint density at radius 3 is 2.57 bits per heavy atom. The van der Waals surface area contributed by atoms with Crippen LogP contribution in [0.2, 0.25) is 0 Å². The first-order valence-electron chi connectivity index (χ1n) is 7.31. The molecule has 0 amide bonds. The molecule has 0 spiro atoms. The van der Waals surface area contributed by atoms with Crippen LogP contribution in [0.15, 0.2) is 24.3 Å². The molecule has 0 saturated heterocycles. The Bertz CT molecular complexity index is 715. The number of alkyl halides is 2. The van der Waals surface area contributed by atoms with Crippen LogP contribution in [0.4, 0.5) is 8.78 Å². The number of nitrogens with zero attached hydrogens (tertiary/aromatic N) is 4. The largest absolute Gasteiger partial charge is 0.481 e. The van der Waals surface area contributed by atoms with Gasteiger partial charge in [0.2, 0.25) is 11.7 Å². The topological polar surface area (TPSA) is 80.9 Å². The minimum atomic E-state index is -2.76. The molecule has 0 aliphatic heterocycles. The summed E-state index contributed by atoms with van der Waals surface area (Å²) >= 11 is 0. The zero-order valence-corrected chi connectivity index (χ0v) is 12.5. The number of tetrazole rings is 1. The molecule has 1 aliphatic carbocycles. The molecule has 3 rings (SSSR count). The van der Waals surface area contributed by atoms with Crippen LogP contribution < -0.4 is 0 Å². The molecule has 2 atom stereocenters. The Kier molecular flexibility index (Phi) is 3.83. The van der Waals surface area contributed by atoms with E-state index in [1.165, 1.54) is 4.80 Å². The molecule has 1 aliphatic rings. The van der Waals surface area contributed by atoms with E-state index < -0.39 is 23.7 Å². The van der Waals surface area contributed by atoms with Crippen molar-refractivity contribution in [2.75, 3.05) is 0 Å². The van der Waals surface area contributed by atoms with Gasteiger partial charge in [-0.3, -0.25) is 4.79 Å². The third-order valence-electron chi connectivity index (χ3n) is 4.22. The molecule has 8 heteroatoms. The number of halogens is 2. The second-order valence-electron chi connectivity index (χ2n) is 5.90. The number of hydrogen-bond acceptors (Lipinski definition) is 4. The van der Waals surface area contributed by atoms with E-state index in [1.54, 1.807) is 31.3 Å². The van der Waals surface area contributed by atoms with Crippen LogP contribution in [-0.2, 0) is 11.8 Å². The molecule has 1 N–H and O–H groups in total. The number of carbonyl (C=O) groups is 1. The monoisotopic (exact) mass is 322 g/mol. The zero-order valence-electron chi connectivity index (χ0n) is 12.5. The lowest BCUT2D eigenvalue weighted by Crippen LogP contribution is -2.21. The van der Waals surface area contributed by atoms with Crippen LogP contribution in [0.5, 0.6) is 0 Å². The van der Waals surface area contributed by atoms with Crippen molar-refractivity contribution >= 4 is 5.97 Å². The summed E-state index contributed by atoms with van der Waals surface area (Å²) in [6.45, 7) is 0. The first kappa shape index (κ1) is 15.5. The molecule has 1 fully saturated rings. The number of aryl methyl sites for hydroxylation is 1. The molecule has 1 heterocycles. The molecule has 0 bridgehead atoms. The molecule has 6 nitrogen and oxygen atoms in total. The highest BCUT2D eigenvalue weighted by Gasteiger charge is 2.45. The van der Waals surface area contributed by atoms with Crippen molar-refractivity contribution in [2.45, 2.75) is 31.1 Å². The zero-order chi connectivity index (χ0) is 16.6. The number of carboxylic acids is 1. The lowest BCUT2D eigenvalue weighted by atomic mass is 9.84. The van der Waals surface area contributed by atoms with Crippen LogP contribution in [0.3, 0.4) is 0 Å². The normalized spacial score (nSPS) is 21.3. The van der Waals surface area contributed by atoms with Crippen LogP contribution in [0, 0.1) is 5.92 Å². The predicted octanol–water partition coefficient (Wildman–Crippen LogP) is 2.48. The number of hydrogen-bond donors (Lipinski definition) is 1. The van der Waals surface area contributed by atoms with Crippen LogP contribution in [0.25, 0.3) is 11.4 Å². The lowest BCUT2D eigenvalue weighted by Gasteiger charge is -2.20. The summed E-state index contributed by atoms with van der Waals surface area (Å²) in [6.07, 6.45) is -0.405. The molecule has 23 heavy (non-hydrogen) atoms. The average Bonchev–Trinajstić information content (AvgIpc) is 3.06. The molecule has 1 aromatic carbocycles. The number of aromatic nitrogens is 4. The minimum Gasteiger partial charge on any atom is -0.481 e. The second kappa shape index (κ2) is 5.68. The van der Waals surface area contributed by atoms with Crippen molar-refractivity contribution < 1.29 is 18.7 Å². The summed E-state index contributed by atoms with van der Waals surface area (Å²) in [5.74, 6) is -4.88. The van der Waals surface area contributed by atoms with Gasteiger partial charge in [-0.05, 0) is 23.1 Å². The summed E-state index contributed by atoms with van der Waals surface area (Å²) in [4.78, 5) is 12.9. The van der Waals surface area contributed by atoms with Crippen molar-refractivity contribution in [1.82, 2.24) is 20.2 Å². The van der Waals surface area contributed by atoms with Crippen molar-refractivity contribution in [1.29, 1.82) is 0 Å². The SMILES string of the molecule is Cn1nnc(-c2ccc([C@@H](C(=O)O)[C@H]3CCC(F)(F)C3)cc2)n1. The summed E-state index contributed by atoms with van der Waals surface area (Å²) in [5.41, 5.74) is 1.22. The van der Waals surface area contributed by atoms with Gasteiger partial charge in [-0.1, -0.05) is 24.3 Å². The fourth-order valence-corrected chi connectivity index (χ4v) is 3.12. The van der Waals surface area contributed by atoms with Gasteiger partial charge in [0.1, 0.15) is 0 Å². The highest BCUT2D eigenvalue weighted by atomic mass is 19.3. The number of benzene rings is 1. The Labute approximate surface area is 131 Å². The third kappa shape index (κ3) is 3.20. The van der Waals surface area contributed by atoms with Crippen molar-refractivity contribution in [3.8, 4) is 11.4 Å². The summed E-state index contributed by atoms with van der Waals surface area (Å²) in [5, 5.41) is 21.1. The highest BCUT2D eigenvalue weighted by Crippen LogP contribution is 2.45. The van der Waals surface area contributed by atoms with Gasteiger partial charge in [-0.25, -0.2) is 8.78 Å². The van der Waals surface area contributed by atoms with Crippen LogP contribution >= 0.6 is 0 Å². The van der Waals surface area contributed by atoms with Gasteiger partial charge in [0, 0.05) is 18.4 Å². The number of aliphatic carboxylic acids is 1. The third-order valence-corrected chi connectivity index (χ3v) is 4.22. The van der Waals surface area contributed by atoms with Crippen molar-refractivity contribution in [2.24, 2.45) is 13.0 Å². The Hall–Kier alpha value is -2.38. The fourth-order valence-electron chi connectivity index (χ4n) is 3.12. The van der Waals surface area contributed by atoms with Crippen LogP contribution in [0.1, 0.15) is 30.7 Å². The van der Waals surface area contributed by atoms with E-state index in [0.717, 1.165) is 0 Å². The Balaban J connectivity index is 1.85. The van der Waals surface area contributed by atoms with Gasteiger partial charge in [-0.2, -0.15) is 4.80 Å². The van der Waals surface area contributed by atoms with Crippen molar-refractivity contribution in [3.63, 3.8) is 0 Å². The lowest BCUT2D eigenvalue weighted by molar-refractivity contribution is -0.140. The molecule has 2 aromatic rings. The maximum atomic E-state index is 13.4. The Morgan fingerprint density at radius 2 is 2.09 bits per heavy atom. The molecule has 1 aromatic heterocycles. The molecule has 0 unspecified atom stereocenters. The smallest absolute Gasteiger partial charge is 0.311 e. The van der Waals surface area contributed by atoms with Gasteiger partial charge in [0.25, 0.3) is 0 Å². The van der Waals surface area contributed by atoms with Gasteiger partial charge < -0.3 is 5.11 Å². The quantitative estimate of drug-likeness (QED) is 0.935. The van der Waals surface area contributed by atoms with E-state index in [4.69, 9.17) is 0 Å². The predicted molar refractivity (Wildman–Crippen MR) is 76.9 cm³/mol. The van der Waals surface area contributed by atoms with E-state index in [1.807, 2.05) is 0 Å². The van der Waals surface area contributed by atoms with Crippen molar-refractivity contribution in [3.05, 3.63) is 29.8 Å². The van der Waals surface area contributed by atoms with E-state index in [9.17, 15) is 18.7 Å². The maximum Gasteiger partial charge on any atom is 0.311 e. The minimum absolute atomic E-state index is 0.220. The second-order valence-corrected chi connectivity index (χ2v) is 5.90.